The second-order valence-corrected chi connectivity index (χ2v) is 6.62. The maximum Gasteiger partial charge on any atom is 0.335 e. The highest BCUT2D eigenvalue weighted by atomic mass is 16.5. The number of aromatic carboxylic acids is 1. The molecular weight excluding hydrogens is 330 g/mol. The Labute approximate surface area is 153 Å². The first-order valence-electron chi connectivity index (χ1n) is 8.98. The number of amides is 1. The van der Waals surface area contributed by atoms with Gasteiger partial charge in [0.15, 0.2) is 6.61 Å². The van der Waals surface area contributed by atoms with Crippen molar-refractivity contribution in [3.05, 3.63) is 59.7 Å². The predicted octanol–water partition coefficient (Wildman–Crippen LogP) is 4.45. The third-order valence-corrected chi connectivity index (χ3v) is 4.74. The van der Waals surface area contributed by atoms with Crippen LogP contribution >= 0.6 is 0 Å². The van der Waals surface area contributed by atoms with E-state index in [4.69, 9.17) is 9.84 Å². The Hall–Kier alpha value is -2.82. The van der Waals surface area contributed by atoms with Crippen LogP contribution in [0.4, 0.5) is 5.69 Å². The van der Waals surface area contributed by atoms with Gasteiger partial charge in [-0.15, -0.1) is 0 Å². The van der Waals surface area contributed by atoms with Crippen LogP contribution in [-0.2, 0) is 4.79 Å². The van der Waals surface area contributed by atoms with E-state index in [0.29, 0.717) is 17.4 Å². The third kappa shape index (κ3) is 4.85. The summed E-state index contributed by atoms with van der Waals surface area (Å²) in [6.07, 6.45) is 6.45. The van der Waals surface area contributed by atoms with E-state index in [1.807, 2.05) is 12.1 Å². The molecule has 0 radical (unpaired) electrons. The van der Waals surface area contributed by atoms with Gasteiger partial charge in [-0.25, -0.2) is 4.79 Å². The number of hydrogen-bond acceptors (Lipinski definition) is 3. The van der Waals surface area contributed by atoms with Gasteiger partial charge in [-0.2, -0.15) is 0 Å². The van der Waals surface area contributed by atoms with Crippen molar-refractivity contribution in [2.24, 2.45) is 0 Å². The average molecular weight is 353 g/mol. The first kappa shape index (κ1) is 18.0. The number of benzene rings is 2. The smallest absolute Gasteiger partial charge is 0.335 e. The van der Waals surface area contributed by atoms with Crippen molar-refractivity contribution in [1.82, 2.24) is 0 Å². The van der Waals surface area contributed by atoms with Gasteiger partial charge < -0.3 is 15.2 Å². The molecular formula is C21H23NO4. The Morgan fingerprint density at radius 2 is 1.62 bits per heavy atom. The summed E-state index contributed by atoms with van der Waals surface area (Å²) in [4.78, 5) is 22.8. The van der Waals surface area contributed by atoms with Crippen LogP contribution in [0.1, 0.15) is 53.9 Å². The molecule has 5 nitrogen and oxygen atoms in total. The summed E-state index contributed by atoms with van der Waals surface area (Å²) >= 11 is 0. The van der Waals surface area contributed by atoms with Gasteiger partial charge in [0.25, 0.3) is 5.91 Å². The van der Waals surface area contributed by atoms with Gasteiger partial charge in [0.2, 0.25) is 0 Å². The van der Waals surface area contributed by atoms with Crippen LogP contribution in [0, 0.1) is 0 Å². The van der Waals surface area contributed by atoms with Crippen molar-refractivity contribution < 1.29 is 19.4 Å². The number of carboxylic acids is 1. The largest absolute Gasteiger partial charge is 0.484 e. The molecule has 3 rings (SSSR count). The number of nitrogens with one attached hydrogen (secondary N) is 1. The monoisotopic (exact) mass is 353 g/mol. The summed E-state index contributed by atoms with van der Waals surface area (Å²) in [6.45, 7) is -0.0938. The minimum absolute atomic E-state index is 0.0938. The van der Waals surface area contributed by atoms with E-state index >= 15 is 0 Å². The van der Waals surface area contributed by atoms with Crippen molar-refractivity contribution in [2.75, 3.05) is 11.9 Å². The number of rotatable bonds is 6. The predicted molar refractivity (Wildman–Crippen MR) is 99.8 cm³/mol. The molecule has 1 aliphatic rings. The summed E-state index contributed by atoms with van der Waals surface area (Å²) in [5.41, 5.74) is 2.06. The van der Waals surface area contributed by atoms with Crippen molar-refractivity contribution in [3.63, 3.8) is 0 Å². The van der Waals surface area contributed by atoms with Crippen molar-refractivity contribution in [1.29, 1.82) is 0 Å². The van der Waals surface area contributed by atoms with Crippen molar-refractivity contribution in [3.8, 4) is 5.75 Å². The molecule has 2 N–H and O–H groups in total. The zero-order valence-electron chi connectivity index (χ0n) is 14.6. The van der Waals surface area contributed by atoms with E-state index in [2.05, 4.69) is 17.4 Å². The Morgan fingerprint density at radius 1 is 0.962 bits per heavy atom. The Bertz CT molecular complexity index is 747. The van der Waals surface area contributed by atoms with Gasteiger partial charge >= 0.3 is 5.97 Å². The average Bonchev–Trinajstić information content (AvgIpc) is 2.68. The highest BCUT2D eigenvalue weighted by Gasteiger charge is 2.15. The van der Waals surface area contributed by atoms with Crippen LogP contribution in [0.25, 0.3) is 0 Å². The van der Waals surface area contributed by atoms with E-state index in [-0.39, 0.29) is 18.1 Å². The Morgan fingerprint density at radius 3 is 2.23 bits per heavy atom. The van der Waals surface area contributed by atoms with Gasteiger partial charge in [0, 0.05) is 5.69 Å². The molecule has 1 amide bonds. The van der Waals surface area contributed by atoms with Crippen LogP contribution in [0.3, 0.4) is 0 Å². The molecule has 0 unspecified atom stereocenters. The third-order valence-electron chi connectivity index (χ3n) is 4.74. The fourth-order valence-corrected chi connectivity index (χ4v) is 3.31. The van der Waals surface area contributed by atoms with Crippen LogP contribution in [0.15, 0.2) is 48.5 Å². The number of carbonyl (C=O) groups is 2. The molecule has 0 atom stereocenters. The fraction of sp³-hybridized carbons (Fsp3) is 0.333. The van der Waals surface area contributed by atoms with E-state index in [1.165, 1.54) is 49.8 Å². The summed E-state index contributed by atoms with van der Waals surface area (Å²) in [5, 5.41) is 11.5. The maximum absolute atomic E-state index is 12.0. The fourth-order valence-electron chi connectivity index (χ4n) is 3.31. The molecule has 1 saturated carbocycles. The molecule has 1 aliphatic carbocycles. The van der Waals surface area contributed by atoms with Gasteiger partial charge in [-0.1, -0.05) is 31.4 Å². The first-order chi connectivity index (χ1) is 12.6. The quantitative estimate of drug-likeness (QED) is 0.804. The molecule has 136 valence electrons. The van der Waals surface area contributed by atoms with Crippen LogP contribution in [0.5, 0.6) is 5.75 Å². The second-order valence-electron chi connectivity index (χ2n) is 6.62. The lowest BCUT2D eigenvalue weighted by Gasteiger charge is -2.22. The van der Waals surface area contributed by atoms with Crippen LogP contribution in [0.2, 0.25) is 0 Å². The molecule has 0 aromatic heterocycles. The SMILES string of the molecule is O=C(COc1ccc(C2CCCCC2)cc1)Nc1ccc(C(=O)O)cc1. The van der Waals surface area contributed by atoms with Gasteiger partial charge in [-0.05, 0) is 60.7 Å². The highest BCUT2D eigenvalue weighted by Crippen LogP contribution is 2.33. The summed E-state index contributed by atoms with van der Waals surface area (Å²) in [7, 11) is 0. The van der Waals surface area contributed by atoms with Crippen molar-refractivity contribution >= 4 is 17.6 Å². The number of ether oxygens (including phenoxy) is 1. The lowest BCUT2D eigenvalue weighted by atomic mass is 9.84. The van der Waals surface area contributed by atoms with E-state index in [0.717, 1.165) is 0 Å². The lowest BCUT2D eigenvalue weighted by Crippen LogP contribution is -2.20. The number of carboxylic acid groups (broad SMARTS) is 1. The molecule has 2 aromatic rings. The molecule has 0 aliphatic heterocycles. The van der Waals surface area contributed by atoms with Gasteiger partial charge in [0.05, 0.1) is 5.56 Å². The first-order valence-corrected chi connectivity index (χ1v) is 8.98. The summed E-state index contributed by atoms with van der Waals surface area (Å²) < 4.78 is 5.54. The second kappa shape index (κ2) is 8.52. The van der Waals surface area contributed by atoms with Crippen LogP contribution < -0.4 is 10.1 Å². The molecule has 2 aromatic carbocycles. The van der Waals surface area contributed by atoms with E-state index in [9.17, 15) is 9.59 Å². The minimum Gasteiger partial charge on any atom is -0.484 e. The normalized spacial score (nSPS) is 14.6. The molecule has 0 spiro atoms. The van der Waals surface area contributed by atoms with E-state index < -0.39 is 5.97 Å². The molecule has 26 heavy (non-hydrogen) atoms. The zero-order valence-corrected chi connectivity index (χ0v) is 14.6. The molecule has 1 fully saturated rings. The molecule has 0 bridgehead atoms. The minimum atomic E-state index is -0.997. The van der Waals surface area contributed by atoms with Crippen LogP contribution in [-0.4, -0.2) is 23.6 Å². The Kier molecular flexibility index (Phi) is 5.89. The molecule has 0 saturated heterocycles. The molecule has 5 heteroatoms. The number of hydrogen-bond donors (Lipinski definition) is 2. The summed E-state index contributed by atoms with van der Waals surface area (Å²) in [6, 6.07) is 14.0. The van der Waals surface area contributed by atoms with Gasteiger partial charge in [-0.3, -0.25) is 4.79 Å². The summed E-state index contributed by atoms with van der Waals surface area (Å²) in [5.74, 6) is 0.0307. The topological polar surface area (TPSA) is 75.6 Å². The number of carbonyl (C=O) groups excluding carboxylic acids is 1. The van der Waals surface area contributed by atoms with E-state index in [1.54, 1.807) is 12.1 Å². The Balaban J connectivity index is 1.48. The zero-order chi connectivity index (χ0) is 18.4. The lowest BCUT2D eigenvalue weighted by molar-refractivity contribution is -0.118. The maximum atomic E-state index is 12.0. The molecule has 0 heterocycles. The number of anilines is 1. The standard InChI is InChI=1S/C21H23NO4/c23-20(22-18-10-6-17(7-11-18)21(24)25)14-26-19-12-8-16(9-13-19)15-4-2-1-3-5-15/h6-13,15H,1-5,14H2,(H,22,23)(H,24,25). The van der Waals surface area contributed by atoms with Gasteiger partial charge in [0.1, 0.15) is 5.75 Å². The highest BCUT2D eigenvalue weighted by molar-refractivity contribution is 5.93. The van der Waals surface area contributed by atoms with Crippen molar-refractivity contribution in [2.45, 2.75) is 38.0 Å².